The van der Waals surface area contributed by atoms with Gasteiger partial charge in [0.15, 0.2) is 0 Å². The quantitative estimate of drug-likeness (QED) is 0.507. The summed E-state index contributed by atoms with van der Waals surface area (Å²) < 4.78 is 12.7. The van der Waals surface area contributed by atoms with E-state index >= 15 is 0 Å². The molecule has 1 aromatic rings. The lowest BCUT2D eigenvalue weighted by atomic mass is 10.2. The number of nitrogens with two attached hydrogens (primary N) is 1. The normalized spacial score (nSPS) is 10.4. The van der Waals surface area contributed by atoms with E-state index in [-0.39, 0.29) is 12.4 Å². The van der Waals surface area contributed by atoms with Crippen LogP contribution in [0.15, 0.2) is 18.2 Å². The van der Waals surface area contributed by atoms with Crippen molar-refractivity contribution in [2.24, 2.45) is 0 Å². The van der Waals surface area contributed by atoms with Gasteiger partial charge in [-0.2, -0.15) is 11.8 Å². The number of anilines is 2. The Labute approximate surface area is 99.2 Å². The van der Waals surface area contributed by atoms with Gasteiger partial charge >= 0.3 is 0 Å². The first-order valence-corrected chi connectivity index (χ1v) is 6.37. The van der Waals surface area contributed by atoms with Crippen molar-refractivity contribution in [1.82, 2.24) is 0 Å². The van der Waals surface area contributed by atoms with Crippen LogP contribution in [-0.2, 0) is 0 Å². The van der Waals surface area contributed by atoms with Crippen LogP contribution >= 0.6 is 11.8 Å². The van der Waals surface area contributed by atoms with Crippen LogP contribution in [0.25, 0.3) is 0 Å². The summed E-state index contributed by atoms with van der Waals surface area (Å²) >= 11 is 1.77. The topological polar surface area (TPSA) is 58.3 Å². The molecule has 4 N–H and O–H groups in total. The number of halogens is 1. The van der Waals surface area contributed by atoms with Crippen LogP contribution in [-0.4, -0.2) is 29.8 Å². The van der Waals surface area contributed by atoms with Gasteiger partial charge in [0.2, 0.25) is 0 Å². The fraction of sp³-hybridized carbons (Fsp3) is 0.455. The van der Waals surface area contributed by atoms with E-state index in [2.05, 4.69) is 5.32 Å². The van der Waals surface area contributed by atoms with Gasteiger partial charge in [0.25, 0.3) is 0 Å². The summed E-state index contributed by atoms with van der Waals surface area (Å²) in [6.07, 6.45) is 0.823. The number of hydrogen-bond acceptors (Lipinski definition) is 4. The number of hydrogen-bond donors (Lipinski definition) is 3. The molecule has 0 saturated carbocycles. The van der Waals surface area contributed by atoms with Crippen molar-refractivity contribution in [3.05, 3.63) is 24.0 Å². The molecule has 0 amide bonds. The molecule has 1 aromatic carbocycles. The van der Waals surface area contributed by atoms with Crippen LogP contribution in [0.4, 0.5) is 15.8 Å². The number of nitrogen functional groups attached to an aromatic ring is 1. The van der Waals surface area contributed by atoms with E-state index in [0.717, 1.165) is 30.2 Å². The summed E-state index contributed by atoms with van der Waals surface area (Å²) in [5.74, 6) is 1.58. The molecule has 0 atom stereocenters. The Hall–Kier alpha value is -0.940. The number of thioether (sulfide) groups is 1. The van der Waals surface area contributed by atoms with Gasteiger partial charge < -0.3 is 16.2 Å². The maximum atomic E-state index is 12.7. The molecule has 0 aliphatic carbocycles. The van der Waals surface area contributed by atoms with Crippen LogP contribution in [0.3, 0.4) is 0 Å². The predicted octanol–water partition coefficient (Wildman–Crippen LogP) is 1.94. The summed E-state index contributed by atoms with van der Waals surface area (Å²) in [6.45, 7) is 1.03. The molecule has 3 nitrogen and oxygen atoms in total. The first kappa shape index (κ1) is 13.1. The monoisotopic (exact) mass is 244 g/mol. The van der Waals surface area contributed by atoms with Gasteiger partial charge in [-0.1, -0.05) is 0 Å². The molecule has 90 valence electrons. The third-order valence-corrected chi connectivity index (χ3v) is 3.09. The molecule has 0 aliphatic heterocycles. The lowest BCUT2D eigenvalue weighted by molar-refractivity contribution is 0.296. The Morgan fingerprint density at radius 1 is 1.38 bits per heavy atom. The van der Waals surface area contributed by atoms with E-state index < -0.39 is 0 Å². The van der Waals surface area contributed by atoms with Crippen LogP contribution in [0.1, 0.15) is 6.42 Å². The number of aliphatic hydroxyl groups excluding tert-OH is 1. The van der Waals surface area contributed by atoms with Crippen LogP contribution in [0.2, 0.25) is 0 Å². The fourth-order valence-electron chi connectivity index (χ4n) is 1.22. The van der Waals surface area contributed by atoms with Crippen molar-refractivity contribution in [3.8, 4) is 0 Å². The van der Waals surface area contributed by atoms with Crippen molar-refractivity contribution in [2.45, 2.75) is 6.42 Å². The van der Waals surface area contributed by atoms with Crippen molar-refractivity contribution < 1.29 is 9.50 Å². The summed E-state index contributed by atoms with van der Waals surface area (Å²) in [5.41, 5.74) is 6.84. The SMILES string of the molecule is Nc1cc(F)ccc1NCCSCCCO. The zero-order valence-electron chi connectivity index (χ0n) is 9.08. The smallest absolute Gasteiger partial charge is 0.125 e. The van der Waals surface area contributed by atoms with Gasteiger partial charge in [-0.05, 0) is 30.4 Å². The molecule has 1 rings (SSSR count). The Morgan fingerprint density at radius 2 is 2.19 bits per heavy atom. The molecular formula is C11H17FN2OS. The number of nitrogens with one attached hydrogen (secondary N) is 1. The second-order valence-corrected chi connectivity index (χ2v) is 4.57. The van der Waals surface area contributed by atoms with Gasteiger partial charge in [-0.3, -0.25) is 0 Å². The van der Waals surface area contributed by atoms with E-state index in [9.17, 15) is 4.39 Å². The van der Waals surface area contributed by atoms with Gasteiger partial charge in [0.05, 0.1) is 11.4 Å². The van der Waals surface area contributed by atoms with E-state index in [1.54, 1.807) is 17.8 Å². The maximum Gasteiger partial charge on any atom is 0.125 e. The van der Waals surface area contributed by atoms with E-state index in [0.29, 0.717) is 5.69 Å². The van der Waals surface area contributed by atoms with Crippen LogP contribution < -0.4 is 11.1 Å². The van der Waals surface area contributed by atoms with Crippen molar-refractivity contribution in [2.75, 3.05) is 35.7 Å². The average molecular weight is 244 g/mol. The Bertz CT molecular complexity index is 323. The minimum absolute atomic E-state index is 0.241. The van der Waals surface area contributed by atoms with Gasteiger partial charge in [0.1, 0.15) is 5.82 Å². The van der Waals surface area contributed by atoms with Gasteiger partial charge in [-0.25, -0.2) is 4.39 Å². The summed E-state index contributed by atoms with van der Waals surface area (Å²) in [4.78, 5) is 0. The number of rotatable bonds is 7. The molecule has 0 unspecified atom stereocenters. The van der Waals surface area contributed by atoms with Crippen molar-refractivity contribution in [1.29, 1.82) is 0 Å². The minimum atomic E-state index is -0.319. The molecule has 0 fully saturated rings. The second-order valence-electron chi connectivity index (χ2n) is 3.35. The molecule has 0 aromatic heterocycles. The molecule has 5 heteroatoms. The van der Waals surface area contributed by atoms with Crippen LogP contribution in [0.5, 0.6) is 0 Å². The lowest BCUT2D eigenvalue weighted by Gasteiger charge is -2.08. The molecule has 0 aliphatic rings. The zero-order valence-corrected chi connectivity index (χ0v) is 9.89. The average Bonchev–Trinajstić information content (AvgIpc) is 2.26. The fourth-order valence-corrected chi connectivity index (χ4v) is 2.00. The van der Waals surface area contributed by atoms with E-state index in [1.807, 2.05) is 0 Å². The molecule has 0 radical (unpaired) electrons. The molecule has 0 spiro atoms. The first-order valence-electron chi connectivity index (χ1n) is 5.21. The number of benzene rings is 1. The molecular weight excluding hydrogens is 227 g/mol. The zero-order chi connectivity index (χ0) is 11.8. The largest absolute Gasteiger partial charge is 0.397 e. The summed E-state index contributed by atoms with van der Waals surface area (Å²) in [7, 11) is 0. The highest BCUT2D eigenvalue weighted by Gasteiger charge is 1.99. The van der Waals surface area contributed by atoms with Gasteiger partial charge in [0, 0.05) is 18.9 Å². The first-order chi connectivity index (χ1) is 7.74. The highest BCUT2D eigenvalue weighted by Crippen LogP contribution is 2.18. The molecule has 16 heavy (non-hydrogen) atoms. The Balaban J connectivity index is 2.21. The highest BCUT2D eigenvalue weighted by atomic mass is 32.2. The maximum absolute atomic E-state index is 12.7. The third kappa shape index (κ3) is 4.72. The van der Waals surface area contributed by atoms with Crippen molar-refractivity contribution in [3.63, 3.8) is 0 Å². The lowest BCUT2D eigenvalue weighted by Crippen LogP contribution is -2.07. The van der Waals surface area contributed by atoms with E-state index in [1.165, 1.54) is 12.1 Å². The van der Waals surface area contributed by atoms with E-state index in [4.69, 9.17) is 10.8 Å². The third-order valence-electron chi connectivity index (χ3n) is 2.02. The van der Waals surface area contributed by atoms with Gasteiger partial charge in [-0.15, -0.1) is 0 Å². The summed E-state index contributed by atoms with van der Waals surface area (Å²) in [5, 5.41) is 11.7. The number of aliphatic hydroxyl groups is 1. The standard InChI is InChI=1S/C11H17FN2OS/c12-9-2-3-11(10(13)8-9)14-4-7-16-6-1-5-15/h2-3,8,14-15H,1,4-7,13H2. The molecule has 0 saturated heterocycles. The highest BCUT2D eigenvalue weighted by molar-refractivity contribution is 7.99. The molecule has 0 heterocycles. The molecule has 0 bridgehead atoms. The van der Waals surface area contributed by atoms with Crippen LogP contribution in [0, 0.1) is 5.82 Å². The summed E-state index contributed by atoms with van der Waals surface area (Å²) in [6, 6.07) is 4.34. The predicted molar refractivity (Wildman–Crippen MR) is 68.3 cm³/mol. The Morgan fingerprint density at radius 3 is 2.88 bits per heavy atom. The second kappa shape index (κ2) is 7.35. The minimum Gasteiger partial charge on any atom is -0.397 e. The Kier molecular flexibility index (Phi) is 6.03. The van der Waals surface area contributed by atoms with Crippen molar-refractivity contribution >= 4 is 23.1 Å².